The van der Waals surface area contributed by atoms with E-state index in [2.05, 4.69) is 4.72 Å². The number of nitrogens with one attached hydrogen (secondary N) is 1. The van der Waals surface area contributed by atoms with Crippen LogP contribution in [0, 0.1) is 0 Å². The first kappa shape index (κ1) is 14.8. The quantitative estimate of drug-likeness (QED) is 0.569. The van der Waals surface area contributed by atoms with Crippen LogP contribution in [-0.4, -0.2) is 44.1 Å². The number of nitrogens with zero attached hydrogens (tertiary/aromatic N) is 1. The van der Waals surface area contributed by atoms with Gasteiger partial charge in [0, 0.05) is 26.2 Å². The number of hydrogen-bond acceptors (Lipinski definition) is 3. The van der Waals surface area contributed by atoms with Crippen LogP contribution in [0.1, 0.15) is 33.1 Å². The molecule has 92 valence electrons. The van der Waals surface area contributed by atoms with Crippen LogP contribution in [0.2, 0.25) is 0 Å². The van der Waals surface area contributed by atoms with Crippen LogP contribution in [-0.2, 0) is 10.2 Å². The van der Waals surface area contributed by atoms with Crippen molar-refractivity contribution >= 4 is 10.2 Å². The van der Waals surface area contributed by atoms with Gasteiger partial charge in [-0.3, -0.25) is 0 Å². The highest BCUT2D eigenvalue weighted by Crippen LogP contribution is 2.01. The fraction of sp³-hybridized carbons (Fsp3) is 1.00. The lowest BCUT2D eigenvalue weighted by molar-refractivity contribution is 0.288. The molecule has 0 aromatic heterocycles. The van der Waals surface area contributed by atoms with Crippen molar-refractivity contribution in [1.29, 1.82) is 0 Å². The fourth-order valence-corrected chi connectivity index (χ4v) is 2.65. The number of rotatable bonds is 9. The summed E-state index contributed by atoms with van der Waals surface area (Å²) in [6.45, 7) is 5.29. The van der Waals surface area contributed by atoms with Crippen LogP contribution >= 0.6 is 0 Å². The maximum atomic E-state index is 11.7. The molecule has 5 nitrogen and oxygen atoms in total. The summed E-state index contributed by atoms with van der Waals surface area (Å²) < 4.78 is 27.4. The molecule has 0 atom stereocenters. The van der Waals surface area contributed by atoms with Gasteiger partial charge in [-0.05, 0) is 19.3 Å². The molecule has 0 aliphatic heterocycles. The highest BCUT2D eigenvalue weighted by atomic mass is 32.2. The van der Waals surface area contributed by atoms with Crippen molar-refractivity contribution in [3.8, 4) is 0 Å². The topological polar surface area (TPSA) is 69.6 Å². The minimum atomic E-state index is -3.35. The van der Waals surface area contributed by atoms with Crippen LogP contribution in [0.3, 0.4) is 0 Å². The molecule has 0 unspecified atom stereocenters. The van der Waals surface area contributed by atoms with E-state index in [1.165, 1.54) is 4.31 Å². The third-order valence-electron chi connectivity index (χ3n) is 1.91. The third kappa shape index (κ3) is 6.09. The summed E-state index contributed by atoms with van der Waals surface area (Å²) in [6.07, 6.45) is 2.06. The standard InChI is InChI=1S/C9H22N2O3S/c1-3-7-11(8-4-2)15(13,14)10-6-5-9-12/h10,12H,3-9H2,1-2H3. The van der Waals surface area contributed by atoms with E-state index in [1.807, 2.05) is 13.8 Å². The summed E-state index contributed by atoms with van der Waals surface area (Å²) in [4.78, 5) is 0. The Balaban J connectivity index is 4.22. The molecule has 0 saturated heterocycles. The van der Waals surface area contributed by atoms with E-state index >= 15 is 0 Å². The summed E-state index contributed by atoms with van der Waals surface area (Å²) >= 11 is 0. The van der Waals surface area contributed by atoms with Crippen molar-refractivity contribution in [3.63, 3.8) is 0 Å². The Morgan fingerprint density at radius 3 is 2.13 bits per heavy atom. The molecule has 0 aromatic carbocycles. The fourth-order valence-electron chi connectivity index (χ4n) is 1.22. The van der Waals surface area contributed by atoms with Gasteiger partial charge in [-0.25, -0.2) is 4.72 Å². The van der Waals surface area contributed by atoms with Gasteiger partial charge in [0.2, 0.25) is 0 Å². The molecule has 0 aliphatic carbocycles. The van der Waals surface area contributed by atoms with E-state index in [4.69, 9.17) is 5.11 Å². The molecule has 0 heterocycles. The number of aliphatic hydroxyl groups is 1. The molecule has 0 bridgehead atoms. The van der Waals surface area contributed by atoms with Crippen molar-refractivity contribution in [1.82, 2.24) is 9.03 Å². The molecule has 0 spiro atoms. The zero-order chi connectivity index (χ0) is 11.7. The normalized spacial score (nSPS) is 12.3. The molecule has 0 rings (SSSR count). The van der Waals surface area contributed by atoms with Gasteiger partial charge < -0.3 is 5.11 Å². The van der Waals surface area contributed by atoms with Gasteiger partial charge >= 0.3 is 0 Å². The second-order valence-corrected chi connectivity index (χ2v) is 5.13. The smallest absolute Gasteiger partial charge is 0.279 e. The Morgan fingerprint density at radius 1 is 1.20 bits per heavy atom. The molecule has 0 aliphatic rings. The van der Waals surface area contributed by atoms with Gasteiger partial charge in [0.1, 0.15) is 0 Å². The van der Waals surface area contributed by atoms with E-state index < -0.39 is 10.2 Å². The van der Waals surface area contributed by atoms with Gasteiger partial charge in [0.25, 0.3) is 10.2 Å². The van der Waals surface area contributed by atoms with Gasteiger partial charge in [0.15, 0.2) is 0 Å². The maximum absolute atomic E-state index is 11.7. The lowest BCUT2D eigenvalue weighted by Crippen LogP contribution is -2.42. The van der Waals surface area contributed by atoms with Crippen molar-refractivity contribution in [3.05, 3.63) is 0 Å². The monoisotopic (exact) mass is 238 g/mol. The molecule has 2 N–H and O–H groups in total. The summed E-state index contributed by atoms with van der Waals surface area (Å²) in [5.41, 5.74) is 0. The van der Waals surface area contributed by atoms with E-state index in [0.717, 1.165) is 12.8 Å². The van der Waals surface area contributed by atoms with Crippen molar-refractivity contribution in [2.75, 3.05) is 26.2 Å². The van der Waals surface area contributed by atoms with E-state index in [-0.39, 0.29) is 6.61 Å². The van der Waals surface area contributed by atoms with Crippen LogP contribution in [0.25, 0.3) is 0 Å². The predicted molar refractivity (Wildman–Crippen MR) is 60.8 cm³/mol. The molecular weight excluding hydrogens is 216 g/mol. The Labute approximate surface area is 92.7 Å². The summed E-state index contributed by atoms with van der Waals surface area (Å²) in [7, 11) is -3.35. The van der Waals surface area contributed by atoms with E-state index in [1.54, 1.807) is 0 Å². The Morgan fingerprint density at radius 2 is 1.73 bits per heavy atom. The maximum Gasteiger partial charge on any atom is 0.279 e. The Kier molecular flexibility index (Phi) is 7.95. The first-order valence-electron chi connectivity index (χ1n) is 5.44. The van der Waals surface area contributed by atoms with Gasteiger partial charge in [-0.2, -0.15) is 12.7 Å². The van der Waals surface area contributed by atoms with Gasteiger partial charge in [-0.1, -0.05) is 13.8 Å². The molecule has 0 radical (unpaired) electrons. The van der Waals surface area contributed by atoms with Crippen LogP contribution in [0.5, 0.6) is 0 Å². The number of aliphatic hydroxyl groups excluding tert-OH is 1. The van der Waals surface area contributed by atoms with Crippen molar-refractivity contribution < 1.29 is 13.5 Å². The SMILES string of the molecule is CCCN(CCC)S(=O)(=O)NCCCO. The lowest BCUT2D eigenvalue weighted by Gasteiger charge is -2.21. The average Bonchev–Trinajstić information content (AvgIpc) is 2.18. The molecule has 0 amide bonds. The van der Waals surface area contributed by atoms with Crippen LogP contribution in [0.4, 0.5) is 0 Å². The second-order valence-electron chi connectivity index (χ2n) is 3.38. The molecular formula is C9H22N2O3S. The van der Waals surface area contributed by atoms with Crippen molar-refractivity contribution in [2.45, 2.75) is 33.1 Å². The van der Waals surface area contributed by atoms with E-state index in [9.17, 15) is 8.42 Å². The van der Waals surface area contributed by atoms with Gasteiger partial charge in [0.05, 0.1) is 0 Å². The first-order chi connectivity index (χ1) is 7.08. The molecule has 0 aromatic rings. The molecule has 0 saturated carbocycles. The first-order valence-corrected chi connectivity index (χ1v) is 6.88. The summed E-state index contributed by atoms with van der Waals surface area (Å²) in [5, 5.41) is 8.56. The average molecular weight is 238 g/mol. The number of hydrogen-bond donors (Lipinski definition) is 2. The Bertz CT molecular complexity index is 236. The largest absolute Gasteiger partial charge is 0.396 e. The van der Waals surface area contributed by atoms with Crippen LogP contribution in [0.15, 0.2) is 0 Å². The van der Waals surface area contributed by atoms with Crippen LogP contribution < -0.4 is 4.72 Å². The second kappa shape index (κ2) is 8.04. The zero-order valence-corrected chi connectivity index (χ0v) is 10.4. The minimum absolute atomic E-state index is 0.00404. The third-order valence-corrected chi connectivity index (χ3v) is 3.52. The molecule has 0 fully saturated rings. The predicted octanol–water partition coefficient (Wildman–Crippen LogP) is 0.325. The highest BCUT2D eigenvalue weighted by Gasteiger charge is 2.18. The summed E-state index contributed by atoms with van der Waals surface area (Å²) in [6, 6.07) is 0. The van der Waals surface area contributed by atoms with Crippen molar-refractivity contribution in [2.24, 2.45) is 0 Å². The minimum Gasteiger partial charge on any atom is -0.396 e. The van der Waals surface area contributed by atoms with Gasteiger partial charge in [-0.15, -0.1) is 0 Å². The molecule has 15 heavy (non-hydrogen) atoms. The Hall–Kier alpha value is -0.170. The van der Waals surface area contributed by atoms with E-state index in [0.29, 0.717) is 26.1 Å². The lowest BCUT2D eigenvalue weighted by atomic mass is 10.4. The molecule has 6 heteroatoms. The zero-order valence-electron chi connectivity index (χ0n) is 9.57. The highest BCUT2D eigenvalue weighted by molar-refractivity contribution is 7.87. The summed E-state index contributed by atoms with van der Waals surface area (Å²) in [5.74, 6) is 0.